The number of benzene rings is 1. The van der Waals surface area contributed by atoms with Crippen LogP contribution in [0.3, 0.4) is 0 Å². The Hall–Kier alpha value is -1.17. The van der Waals surface area contributed by atoms with E-state index in [1.54, 1.807) is 0 Å². The molecule has 0 fully saturated rings. The van der Waals surface area contributed by atoms with Gasteiger partial charge in [0, 0.05) is 12.1 Å². The fourth-order valence-corrected chi connectivity index (χ4v) is 2.18. The third-order valence-corrected chi connectivity index (χ3v) is 3.58. The Kier molecular flexibility index (Phi) is 8.27. The number of hydrogen-bond acceptors (Lipinski definition) is 4. The first-order chi connectivity index (χ1) is 10.0. The van der Waals surface area contributed by atoms with Crippen molar-refractivity contribution in [2.24, 2.45) is 5.73 Å². The second-order valence-electron chi connectivity index (χ2n) is 5.33. The van der Waals surface area contributed by atoms with Gasteiger partial charge in [-0.05, 0) is 64.4 Å². The molecule has 5 heteroatoms. The van der Waals surface area contributed by atoms with Crippen molar-refractivity contribution in [1.29, 1.82) is 0 Å². The molecule has 0 aliphatic rings. The Morgan fingerprint density at radius 2 is 1.81 bits per heavy atom. The zero-order valence-corrected chi connectivity index (χ0v) is 14.2. The van der Waals surface area contributed by atoms with Gasteiger partial charge < -0.3 is 20.3 Å². The van der Waals surface area contributed by atoms with Crippen LogP contribution in [0.25, 0.3) is 0 Å². The fourth-order valence-electron chi connectivity index (χ4n) is 2.05. The number of hydrogen-bond donors (Lipinski definition) is 1. The van der Waals surface area contributed by atoms with Gasteiger partial charge in [-0.2, -0.15) is 0 Å². The Labute approximate surface area is 133 Å². The maximum atomic E-state index is 5.76. The van der Waals surface area contributed by atoms with E-state index in [0.29, 0.717) is 11.6 Å². The van der Waals surface area contributed by atoms with Gasteiger partial charge in [0.05, 0.1) is 0 Å². The molecule has 2 N–H and O–H groups in total. The lowest BCUT2D eigenvalue weighted by Gasteiger charge is -2.21. The number of rotatable bonds is 10. The zero-order chi connectivity index (χ0) is 15.7. The Balaban J connectivity index is 2.28. The summed E-state index contributed by atoms with van der Waals surface area (Å²) in [6, 6.07) is 7.62. The lowest BCUT2D eigenvalue weighted by atomic mass is 10.2. The molecule has 0 radical (unpaired) electrons. The molecule has 0 aliphatic carbocycles. The van der Waals surface area contributed by atoms with Gasteiger partial charge in [-0.25, -0.2) is 0 Å². The Morgan fingerprint density at radius 3 is 2.33 bits per heavy atom. The maximum Gasteiger partial charge on any atom is 0.119 e. The van der Waals surface area contributed by atoms with Gasteiger partial charge in [0.25, 0.3) is 0 Å². The SMILES string of the molecule is CCN(CCCN(C)C)CCOc1ccc(C(N)=S)cc1. The van der Waals surface area contributed by atoms with E-state index in [0.717, 1.165) is 37.5 Å². The summed E-state index contributed by atoms with van der Waals surface area (Å²) in [5.74, 6) is 0.861. The van der Waals surface area contributed by atoms with Crippen LogP contribution in [0.2, 0.25) is 0 Å². The van der Waals surface area contributed by atoms with Crippen LogP contribution in [0, 0.1) is 0 Å². The number of thiocarbonyl (C=S) groups is 1. The smallest absolute Gasteiger partial charge is 0.119 e. The van der Waals surface area contributed by atoms with Crippen LogP contribution in [-0.2, 0) is 0 Å². The van der Waals surface area contributed by atoms with Crippen molar-refractivity contribution in [3.63, 3.8) is 0 Å². The molecule has 0 heterocycles. The average molecular weight is 309 g/mol. The molecular weight excluding hydrogens is 282 g/mol. The van der Waals surface area contributed by atoms with Gasteiger partial charge in [-0.15, -0.1) is 0 Å². The molecule has 0 saturated heterocycles. The predicted octanol–water partition coefficient (Wildman–Crippen LogP) is 1.97. The monoisotopic (exact) mass is 309 g/mol. The van der Waals surface area contributed by atoms with Gasteiger partial charge in [0.1, 0.15) is 17.3 Å². The summed E-state index contributed by atoms with van der Waals surface area (Å²) >= 11 is 4.93. The minimum absolute atomic E-state index is 0.416. The lowest BCUT2D eigenvalue weighted by Crippen LogP contribution is -2.31. The molecular formula is C16H27N3OS. The minimum atomic E-state index is 0.416. The highest BCUT2D eigenvalue weighted by Gasteiger charge is 2.03. The summed E-state index contributed by atoms with van der Waals surface area (Å²) in [6.45, 7) is 7.11. The number of likely N-dealkylation sites (N-methyl/N-ethyl adjacent to an activating group) is 1. The molecule has 0 aromatic heterocycles. The minimum Gasteiger partial charge on any atom is -0.492 e. The molecule has 0 aliphatic heterocycles. The summed E-state index contributed by atoms with van der Waals surface area (Å²) in [6.07, 6.45) is 1.18. The van der Waals surface area contributed by atoms with Crippen molar-refractivity contribution in [3.8, 4) is 5.75 Å². The van der Waals surface area contributed by atoms with E-state index in [2.05, 4.69) is 30.8 Å². The molecule has 0 saturated carbocycles. The van der Waals surface area contributed by atoms with E-state index < -0.39 is 0 Å². The molecule has 1 rings (SSSR count). The molecule has 1 aromatic rings. The summed E-state index contributed by atoms with van der Waals surface area (Å²) in [5.41, 5.74) is 6.44. The predicted molar refractivity (Wildman–Crippen MR) is 93.1 cm³/mol. The molecule has 4 nitrogen and oxygen atoms in total. The molecule has 0 spiro atoms. The van der Waals surface area contributed by atoms with Crippen LogP contribution in [-0.4, -0.2) is 61.7 Å². The molecule has 118 valence electrons. The highest BCUT2D eigenvalue weighted by Crippen LogP contribution is 2.12. The summed E-state index contributed by atoms with van der Waals surface area (Å²) < 4.78 is 5.76. The van der Waals surface area contributed by atoms with E-state index in [9.17, 15) is 0 Å². The van der Waals surface area contributed by atoms with Crippen LogP contribution in [0.5, 0.6) is 5.75 Å². The highest BCUT2D eigenvalue weighted by atomic mass is 32.1. The lowest BCUT2D eigenvalue weighted by molar-refractivity contribution is 0.208. The summed E-state index contributed by atoms with van der Waals surface area (Å²) in [7, 11) is 4.21. The van der Waals surface area contributed by atoms with Crippen molar-refractivity contribution >= 4 is 17.2 Å². The average Bonchev–Trinajstić information content (AvgIpc) is 2.45. The standard InChI is InChI=1S/C16H27N3OS/c1-4-19(11-5-10-18(2)3)12-13-20-15-8-6-14(7-9-15)16(17)21/h6-9H,4-5,10-13H2,1-3H3,(H2,17,21). The van der Waals surface area contributed by atoms with Crippen molar-refractivity contribution in [3.05, 3.63) is 29.8 Å². The third kappa shape index (κ3) is 7.41. The van der Waals surface area contributed by atoms with E-state index in [4.69, 9.17) is 22.7 Å². The quantitative estimate of drug-likeness (QED) is 0.669. The number of nitrogens with two attached hydrogens (primary N) is 1. The van der Waals surface area contributed by atoms with Crippen LogP contribution in [0.4, 0.5) is 0 Å². The Bertz CT molecular complexity index is 420. The van der Waals surface area contributed by atoms with E-state index in [1.807, 2.05) is 24.3 Å². The van der Waals surface area contributed by atoms with Gasteiger partial charge in [-0.3, -0.25) is 0 Å². The summed E-state index contributed by atoms with van der Waals surface area (Å²) in [4.78, 5) is 5.04. The highest BCUT2D eigenvalue weighted by molar-refractivity contribution is 7.80. The third-order valence-electron chi connectivity index (χ3n) is 3.34. The second-order valence-corrected chi connectivity index (χ2v) is 5.77. The fraction of sp³-hybridized carbons (Fsp3) is 0.562. The maximum absolute atomic E-state index is 5.76. The first-order valence-corrected chi connectivity index (χ1v) is 7.83. The number of nitrogens with zero attached hydrogens (tertiary/aromatic N) is 2. The zero-order valence-electron chi connectivity index (χ0n) is 13.3. The molecule has 0 bridgehead atoms. The van der Waals surface area contributed by atoms with Gasteiger partial charge in [-0.1, -0.05) is 19.1 Å². The van der Waals surface area contributed by atoms with Gasteiger partial charge >= 0.3 is 0 Å². The van der Waals surface area contributed by atoms with Crippen molar-refractivity contribution < 1.29 is 4.74 Å². The largest absolute Gasteiger partial charge is 0.492 e. The van der Waals surface area contributed by atoms with Gasteiger partial charge in [0.15, 0.2) is 0 Å². The summed E-state index contributed by atoms with van der Waals surface area (Å²) in [5, 5.41) is 0. The van der Waals surface area contributed by atoms with Crippen molar-refractivity contribution in [2.75, 3.05) is 46.9 Å². The molecule has 0 atom stereocenters. The van der Waals surface area contributed by atoms with Crippen molar-refractivity contribution in [1.82, 2.24) is 9.80 Å². The van der Waals surface area contributed by atoms with Crippen LogP contribution >= 0.6 is 12.2 Å². The van der Waals surface area contributed by atoms with E-state index in [1.165, 1.54) is 6.42 Å². The Morgan fingerprint density at radius 1 is 1.14 bits per heavy atom. The van der Waals surface area contributed by atoms with Gasteiger partial charge in [0.2, 0.25) is 0 Å². The van der Waals surface area contributed by atoms with E-state index in [-0.39, 0.29) is 0 Å². The normalized spacial score (nSPS) is 11.1. The number of ether oxygens (including phenoxy) is 1. The molecule has 0 amide bonds. The molecule has 0 unspecified atom stereocenters. The van der Waals surface area contributed by atoms with Crippen LogP contribution in [0.15, 0.2) is 24.3 Å². The van der Waals surface area contributed by atoms with Crippen molar-refractivity contribution in [2.45, 2.75) is 13.3 Å². The van der Waals surface area contributed by atoms with Crippen LogP contribution in [0.1, 0.15) is 18.9 Å². The first kappa shape index (κ1) is 17.9. The van der Waals surface area contributed by atoms with Crippen LogP contribution < -0.4 is 10.5 Å². The van der Waals surface area contributed by atoms with E-state index >= 15 is 0 Å². The molecule has 1 aromatic carbocycles. The molecule has 21 heavy (non-hydrogen) atoms. The first-order valence-electron chi connectivity index (χ1n) is 7.42. The topological polar surface area (TPSA) is 41.7 Å². The second kappa shape index (κ2) is 9.71.